The summed E-state index contributed by atoms with van der Waals surface area (Å²) in [6.45, 7) is 2.50. The Balaban J connectivity index is 1.80. The van der Waals surface area contributed by atoms with Crippen LogP contribution in [0.4, 0.5) is 16.2 Å². The van der Waals surface area contributed by atoms with E-state index in [2.05, 4.69) is 20.3 Å². The van der Waals surface area contributed by atoms with Gasteiger partial charge < -0.3 is 20.7 Å². The third-order valence-corrected chi connectivity index (χ3v) is 4.29. The molecule has 1 unspecified atom stereocenters. The summed E-state index contributed by atoms with van der Waals surface area (Å²) in [5, 5.41) is 2.73. The van der Waals surface area contributed by atoms with E-state index in [9.17, 15) is 0 Å². The summed E-state index contributed by atoms with van der Waals surface area (Å²) in [6.07, 6.45) is 7.99. The third kappa shape index (κ3) is 3.23. The fourth-order valence-corrected chi connectivity index (χ4v) is 2.85. The van der Waals surface area contributed by atoms with Gasteiger partial charge >= 0.3 is 0 Å². The van der Waals surface area contributed by atoms with Crippen molar-refractivity contribution in [1.82, 2.24) is 20.3 Å². The summed E-state index contributed by atoms with van der Waals surface area (Å²) in [6, 6.07) is 5.14. The first kappa shape index (κ1) is 16.5. The number of halogens is 1. The summed E-state index contributed by atoms with van der Waals surface area (Å²) >= 11 is 0. The van der Waals surface area contributed by atoms with Crippen molar-refractivity contribution in [3.05, 3.63) is 54.5 Å². The van der Waals surface area contributed by atoms with Crippen molar-refractivity contribution >= 4 is 11.8 Å². The third-order valence-electron chi connectivity index (χ3n) is 4.29. The van der Waals surface area contributed by atoms with Crippen molar-refractivity contribution in [1.29, 1.82) is 0 Å². The fraction of sp³-hybridized carbons (Fsp3) is 0.278. The highest BCUT2D eigenvalue weighted by atomic mass is 19.1. The number of nitrogen functional groups attached to an aromatic ring is 1. The molecule has 0 amide bonds. The molecule has 7 nitrogen and oxygen atoms in total. The number of morpholine rings is 1. The molecule has 4 heterocycles. The Kier molecular flexibility index (Phi) is 4.26. The van der Waals surface area contributed by atoms with Gasteiger partial charge in [0, 0.05) is 24.8 Å². The predicted molar refractivity (Wildman–Crippen MR) is 96.9 cm³/mol. The molecule has 0 bridgehead atoms. The zero-order chi connectivity index (χ0) is 18.0. The Morgan fingerprint density at radius 2 is 2.04 bits per heavy atom. The molecule has 0 spiro atoms. The van der Waals surface area contributed by atoms with E-state index >= 15 is 4.39 Å². The molecule has 0 radical (unpaired) electrons. The largest absolute Gasteiger partial charge is 0.384 e. The van der Waals surface area contributed by atoms with Gasteiger partial charge in [0.25, 0.3) is 0 Å². The lowest BCUT2D eigenvalue weighted by molar-refractivity contribution is 0.122. The van der Waals surface area contributed by atoms with Crippen LogP contribution in [0.25, 0.3) is 11.3 Å². The van der Waals surface area contributed by atoms with Crippen LogP contribution in [0, 0.1) is 0 Å². The highest BCUT2D eigenvalue weighted by Gasteiger charge is 2.32. The van der Waals surface area contributed by atoms with Gasteiger partial charge in [-0.2, -0.15) is 0 Å². The normalized spacial score (nSPS) is 22.3. The van der Waals surface area contributed by atoms with Crippen molar-refractivity contribution in [2.24, 2.45) is 0 Å². The number of aromatic nitrogens is 3. The van der Waals surface area contributed by atoms with Crippen LogP contribution in [-0.4, -0.2) is 41.3 Å². The monoisotopic (exact) mass is 354 g/mol. The van der Waals surface area contributed by atoms with Crippen molar-refractivity contribution in [2.75, 3.05) is 36.9 Å². The second-order valence-electron chi connectivity index (χ2n) is 6.08. The van der Waals surface area contributed by atoms with Gasteiger partial charge in [-0.25, -0.2) is 19.3 Å². The number of hydrogen-bond donors (Lipinski definition) is 2. The fourth-order valence-electron chi connectivity index (χ4n) is 2.85. The Labute approximate surface area is 150 Å². The van der Waals surface area contributed by atoms with Gasteiger partial charge in [0.05, 0.1) is 18.9 Å². The SMILES string of the molecule is Nc1ccc(-c2cc(C3(F)C=CC=CN3)nc(N3CCOCC3)n2)cn1. The molecule has 3 N–H and O–H groups in total. The van der Waals surface area contributed by atoms with E-state index in [4.69, 9.17) is 10.5 Å². The highest BCUT2D eigenvalue weighted by molar-refractivity contribution is 5.62. The Morgan fingerprint density at radius 1 is 1.19 bits per heavy atom. The number of ether oxygens (including phenoxy) is 1. The molecule has 2 aromatic heterocycles. The van der Waals surface area contributed by atoms with E-state index in [1.165, 1.54) is 6.08 Å². The van der Waals surface area contributed by atoms with Gasteiger partial charge in [0.2, 0.25) is 11.7 Å². The van der Waals surface area contributed by atoms with E-state index in [1.807, 2.05) is 11.0 Å². The lowest BCUT2D eigenvalue weighted by atomic mass is 10.1. The second-order valence-corrected chi connectivity index (χ2v) is 6.08. The standard InChI is InChI=1S/C18H19FN6O/c19-18(5-1-2-6-22-18)15-11-14(13-3-4-16(20)21-12-13)23-17(24-15)25-7-9-26-10-8-25/h1-6,11-12,22H,7-10H2,(H2,20,21). The van der Waals surface area contributed by atoms with Crippen molar-refractivity contribution in [3.8, 4) is 11.3 Å². The molecule has 26 heavy (non-hydrogen) atoms. The number of alkyl halides is 1. The van der Waals surface area contributed by atoms with Gasteiger partial charge in [-0.3, -0.25) is 0 Å². The molecule has 1 saturated heterocycles. The molecule has 134 valence electrons. The van der Waals surface area contributed by atoms with Crippen LogP contribution in [0.5, 0.6) is 0 Å². The molecular weight excluding hydrogens is 335 g/mol. The zero-order valence-electron chi connectivity index (χ0n) is 14.1. The average Bonchev–Trinajstić information content (AvgIpc) is 2.69. The van der Waals surface area contributed by atoms with Crippen molar-refractivity contribution in [3.63, 3.8) is 0 Å². The van der Waals surface area contributed by atoms with Gasteiger partial charge in [0.1, 0.15) is 11.5 Å². The Hall–Kier alpha value is -3.00. The summed E-state index contributed by atoms with van der Waals surface area (Å²) in [5.41, 5.74) is 7.24. The maximum Gasteiger partial charge on any atom is 0.242 e. The molecule has 2 aliphatic heterocycles. The maximum absolute atomic E-state index is 15.4. The molecule has 1 fully saturated rings. The number of allylic oxidation sites excluding steroid dienone is 2. The van der Waals surface area contributed by atoms with Gasteiger partial charge in [-0.05, 0) is 36.6 Å². The van der Waals surface area contributed by atoms with Crippen molar-refractivity contribution < 1.29 is 9.13 Å². The van der Waals surface area contributed by atoms with Crippen LogP contribution in [0.3, 0.4) is 0 Å². The molecule has 0 saturated carbocycles. The minimum absolute atomic E-state index is 0.237. The topological polar surface area (TPSA) is 89.2 Å². The number of nitrogens with one attached hydrogen (secondary N) is 1. The quantitative estimate of drug-likeness (QED) is 0.812. The minimum Gasteiger partial charge on any atom is -0.384 e. The van der Waals surface area contributed by atoms with E-state index in [0.717, 1.165) is 5.56 Å². The predicted octanol–water partition coefficient (Wildman–Crippen LogP) is 1.75. The first-order valence-electron chi connectivity index (χ1n) is 8.39. The Morgan fingerprint density at radius 3 is 2.73 bits per heavy atom. The van der Waals surface area contributed by atoms with Crippen molar-refractivity contribution in [2.45, 2.75) is 5.79 Å². The molecular formula is C18H19FN6O. The number of rotatable bonds is 3. The first-order chi connectivity index (χ1) is 12.6. The van der Waals surface area contributed by atoms with E-state index in [-0.39, 0.29) is 5.69 Å². The van der Waals surface area contributed by atoms with Crippen LogP contribution in [0.15, 0.2) is 48.8 Å². The Bertz CT molecular complexity index is 847. The van der Waals surface area contributed by atoms with E-state index in [0.29, 0.717) is 43.8 Å². The van der Waals surface area contributed by atoms with E-state index < -0.39 is 5.79 Å². The zero-order valence-corrected chi connectivity index (χ0v) is 14.1. The van der Waals surface area contributed by atoms with Crippen LogP contribution < -0.4 is 16.0 Å². The van der Waals surface area contributed by atoms with Crippen LogP contribution in [0.2, 0.25) is 0 Å². The van der Waals surface area contributed by atoms with Crippen LogP contribution in [0.1, 0.15) is 5.69 Å². The smallest absolute Gasteiger partial charge is 0.242 e. The lowest BCUT2D eigenvalue weighted by Gasteiger charge is -2.29. The first-order valence-corrected chi connectivity index (χ1v) is 8.39. The van der Waals surface area contributed by atoms with Gasteiger partial charge in [-0.1, -0.05) is 6.08 Å². The highest BCUT2D eigenvalue weighted by Crippen LogP contribution is 2.30. The number of anilines is 2. The minimum atomic E-state index is -1.89. The number of hydrogen-bond acceptors (Lipinski definition) is 7. The van der Waals surface area contributed by atoms with Crippen LogP contribution >= 0.6 is 0 Å². The summed E-state index contributed by atoms with van der Waals surface area (Å²) in [4.78, 5) is 15.2. The second kappa shape index (κ2) is 6.72. The molecule has 2 aliphatic rings. The number of pyridine rings is 1. The van der Waals surface area contributed by atoms with Gasteiger partial charge in [-0.15, -0.1) is 0 Å². The summed E-state index contributed by atoms with van der Waals surface area (Å²) in [7, 11) is 0. The molecule has 8 heteroatoms. The molecule has 0 aromatic carbocycles. The molecule has 2 aromatic rings. The number of nitrogens with two attached hydrogens (primary N) is 1. The van der Waals surface area contributed by atoms with Crippen LogP contribution in [-0.2, 0) is 10.5 Å². The molecule has 0 aliphatic carbocycles. The molecule has 4 rings (SSSR count). The summed E-state index contributed by atoms with van der Waals surface area (Å²) in [5.74, 6) is -1.01. The maximum atomic E-state index is 15.4. The average molecular weight is 354 g/mol. The number of dihydropyridines is 1. The number of nitrogens with zero attached hydrogens (tertiary/aromatic N) is 4. The van der Waals surface area contributed by atoms with E-state index in [1.54, 1.807) is 36.7 Å². The summed E-state index contributed by atoms with van der Waals surface area (Å²) < 4.78 is 20.8. The molecule has 1 atom stereocenters. The van der Waals surface area contributed by atoms with Gasteiger partial charge in [0.15, 0.2) is 0 Å². The lowest BCUT2D eigenvalue weighted by Crippen LogP contribution is -2.39.